The molecule has 1 aliphatic rings. The van der Waals surface area contributed by atoms with Crippen LogP contribution in [0.25, 0.3) is 11.4 Å². The van der Waals surface area contributed by atoms with Crippen LogP contribution in [-0.4, -0.2) is 49.0 Å². The van der Waals surface area contributed by atoms with Gasteiger partial charge in [0.05, 0.1) is 12.0 Å². The minimum atomic E-state index is -3.62. The number of anilines is 1. The van der Waals surface area contributed by atoms with E-state index in [-0.39, 0.29) is 16.7 Å². The van der Waals surface area contributed by atoms with E-state index in [1.807, 2.05) is 24.3 Å². The SMILES string of the molecule is COc1cccc(-c2noc(C3CCN(S(=O)(=O)c4ccc(NC(C)=O)cc4)CC3)n2)c1. The van der Waals surface area contributed by atoms with Crippen LogP contribution in [0.15, 0.2) is 57.9 Å². The Morgan fingerprint density at radius 2 is 1.88 bits per heavy atom. The molecule has 1 saturated heterocycles. The van der Waals surface area contributed by atoms with Gasteiger partial charge in [-0.2, -0.15) is 9.29 Å². The van der Waals surface area contributed by atoms with E-state index >= 15 is 0 Å². The lowest BCUT2D eigenvalue weighted by molar-refractivity contribution is -0.114. The zero-order valence-corrected chi connectivity index (χ0v) is 18.6. The van der Waals surface area contributed by atoms with Crippen molar-refractivity contribution in [3.05, 3.63) is 54.4 Å². The van der Waals surface area contributed by atoms with Crippen LogP contribution in [0.2, 0.25) is 0 Å². The predicted octanol–water partition coefficient (Wildman–Crippen LogP) is 3.27. The lowest BCUT2D eigenvalue weighted by atomic mass is 9.98. The summed E-state index contributed by atoms with van der Waals surface area (Å²) in [4.78, 5) is 15.9. The molecule has 32 heavy (non-hydrogen) atoms. The highest BCUT2D eigenvalue weighted by molar-refractivity contribution is 7.89. The first-order valence-corrected chi connectivity index (χ1v) is 11.7. The number of benzene rings is 2. The molecule has 0 spiro atoms. The van der Waals surface area contributed by atoms with Crippen molar-refractivity contribution in [2.75, 3.05) is 25.5 Å². The molecule has 2 aromatic carbocycles. The molecule has 1 aromatic heterocycles. The topological polar surface area (TPSA) is 115 Å². The maximum Gasteiger partial charge on any atom is 0.243 e. The Kier molecular flexibility index (Phi) is 6.24. The Labute approximate surface area is 186 Å². The molecule has 4 rings (SSSR count). The molecule has 0 saturated carbocycles. The van der Waals surface area contributed by atoms with Crippen molar-refractivity contribution in [2.45, 2.75) is 30.6 Å². The van der Waals surface area contributed by atoms with E-state index in [1.165, 1.54) is 23.4 Å². The third-order valence-electron chi connectivity index (χ3n) is 5.39. The van der Waals surface area contributed by atoms with Crippen LogP contribution in [0.3, 0.4) is 0 Å². The number of methoxy groups -OCH3 is 1. The minimum absolute atomic E-state index is 0.00421. The normalized spacial score (nSPS) is 15.4. The van der Waals surface area contributed by atoms with Crippen molar-refractivity contribution in [1.82, 2.24) is 14.4 Å². The lowest BCUT2D eigenvalue weighted by Crippen LogP contribution is -2.37. The zero-order chi connectivity index (χ0) is 22.7. The van der Waals surface area contributed by atoms with E-state index < -0.39 is 10.0 Å². The summed E-state index contributed by atoms with van der Waals surface area (Å²) in [6, 6.07) is 13.6. The Morgan fingerprint density at radius 1 is 1.16 bits per heavy atom. The van der Waals surface area contributed by atoms with Crippen LogP contribution in [0, 0.1) is 0 Å². The highest BCUT2D eigenvalue weighted by atomic mass is 32.2. The summed E-state index contributed by atoms with van der Waals surface area (Å²) in [5.74, 6) is 1.49. The number of aromatic nitrogens is 2. The number of sulfonamides is 1. The lowest BCUT2D eigenvalue weighted by Gasteiger charge is -2.29. The summed E-state index contributed by atoms with van der Waals surface area (Å²) in [7, 11) is -2.02. The number of amides is 1. The number of hydrogen-bond acceptors (Lipinski definition) is 7. The number of hydrogen-bond donors (Lipinski definition) is 1. The molecule has 0 radical (unpaired) electrons. The highest BCUT2D eigenvalue weighted by Crippen LogP contribution is 2.31. The molecule has 168 valence electrons. The molecular formula is C22H24N4O5S. The number of carbonyl (C=O) groups is 1. The summed E-state index contributed by atoms with van der Waals surface area (Å²) in [6.45, 7) is 2.12. The van der Waals surface area contributed by atoms with Crippen molar-refractivity contribution < 1.29 is 22.5 Å². The summed E-state index contributed by atoms with van der Waals surface area (Å²) < 4.78 is 38.2. The molecule has 1 N–H and O–H groups in total. The van der Waals surface area contributed by atoms with E-state index in [9.17, 15) is 13.2 Å². The van der Waals surface area contributed by atoms with Gasteiger partial charge in [-0.15, -0.1) is 0 Å². The van der Waals surface area contributed by atoms with Gasteiger partial charge >= 0.3 is 0 Å². The molecule has 0 bridgehead atoms. The van der Waals surface area contributed by atoms with Gasteiger partial charge in [0.2, 0.25) is 27.6 Å². The fraction of sp³-hybridized carbons (Fsp3) is 0.318. The van der Waals surface area contributed by atoms with E-state index in [2.05, 4.69) is 15.5 Å². The largest absolute Gasteiger partial charge is 0.497 e. The van der Waals surface area contributed by atoms with Gasteiger partial charge < -0.3 is 14.6 Å². The van der Waals surface area contributed by atoms with Crippen molar-refractivity contribution in [2.24, 2.45) is 0 Å². The predicted molar refractivity (Wildman–Crippen MR) is 118 cm³/mol. The van der Waals surface area contributed by atoms with Crippen molar-refractivity contribution in [3.8, 4) is 17.1 Å². The average molecular weight is 457 g/mol. The molecule has 1 amide bonds. The van der Waals surface area contributed by atoms with Gasteiger partial charge in [-0.1, -0.05) is 17.3 Å². The van der Waals surface area contributed by atoms with Crippen molar-refractivity contribution in [3.63, 3.8) is 0 Å². The molecule has 0 atom stereocenters. The van der Waals surface area contributed by atoms with Crippen LogP contribution in [0.5, 0.6) is 5.75 Å². The standard InChI is InChI=1S/C22H24N4O5S/c1-15(27)23-18-6-8-20(9-7-18)32(28,29)26-12-10-16(11-13-26)22-24-21(25-31-22)17-4-3-5-19(14-17)30-2/h3-9,14,16H,10-13H2,1-2H3,(H,23,27). The fourth-order valence-corrected chi connectivity index (χ4v) is 5.16. The smallest absolute Gasteiger partial charge is 0.243 e. The molecule has 0 unspecified atom stereocenters. The van der Waals surface area contributed by atoms with E-state index in [0.717, 1.165) is 5.56 Å². The maximum absolute atomic E-state index is 13.0. The Morgan fingerprint density at radius 3 is 2.53 bits per heavy atom. The Bertz CT molecular complexity index is 1200. The van der Waals surface area contributed by atoms with Crippen LogP contribution >= 0.6 is 0 Å². The fourth-order valence-electron chi connectivity index (χ4n) is 3.69. The quantitative estimate of drug-likeness (QED) is 0.605. The average Bonchev–Trinajstić information content (AvgIpc) is 3.30. The number of piperidine rings is 1. The van der Waals surface area contributed by atoms with Crippen LogP contribution in [-0.2, 0) is 14.8 Å². The van der Waals surface area contributed by atoms with E-state index in [1.54, 1.807) is 19.2 Å². The second kappa shape index (κ2) is 9.09. The maximum atomic E-state index is 13.0. The van der Waals surface area contributed by atoms with Gasteiger partial charge in [-0.05, 0) is 49.2 Å². The molecule has 10 heteroatoms. The summed E-state index contributed by atoms with van der Waals surface area (Å²) in [6.07, 6.45) is 1.17. The van der Waals surface area contributed by atoms with Crippen molar-refractivity contribution >= 4 is 21.6 Å². The molecule has 0 aliphatic carbocycles. The number of rotatable bonds is 6. The van der Waals surface area contributed by atoms with Crippen LogP contribution in [0.1, 0.15) is 31.6 Å². The molecule has 1 fully saturated rings. The number of ether oxygens (including phenoxy) is 1. The molecule has 3 aromatic rings. The first-order chi connectivity index (χ1) is 15.4. The second-order valence-electron chi connectivity index (χ2n) is 7.57. The van der Waals surface area contributed by atoms with Gasteiger partial charge in [0, 0.05) is 37.2 Å². The van der Waals surface area contributed by atoms with Gasteiger partial charge in [0.15, 0.2) is 0 Å². The number of nitrogens with zero attached hydrogens (tertiary/aromatic N) is 3. The number of carbonyl (C=O) groups excluding carboxylic acids is 1. The van der Waals surface area contributed by atoms with Crippen LogP contribution in [0.4, 0.5) is 5.69 Å². The summed E-state index contributed by atoms with van der Waals surface area (Å²) in [5, 5.41) is 6.71. The molecule has 1 aliphatic heterocycles. The van der Waals surface area contributed by atoms with Crippen molar-refractivity contribution in [1.29, 1.82) is 0 Å². The Balaban J connectivity index is 1.41. The Hall–Kier alpha value is -3.24. The first-order valence-electron chi connectivity index (χ1n) is 10.2. The molecule has 9 nitrogen and oxygen atoms in total. The minimum Gasteiger partial charge on any atom is -0.497 e. The van der Waals surface area contributed by atoms with Gasteiger partial charge in [0.1, 0.15) is 5.75 Å². The van der Waals surface area contributed by atoms with Crippen LogP contribution < -0.4 is 10.1 Å². The summed E-state index contributed by atoms with van der Waals surface area (Å²) in [5.41, 5.74) is 1.35. The number of nitrogens with one attached hydrogen (secondary N) is 1. The van der Waals surface area contributed by atoms with E-state index in [0.29, 0.717) is 49.1 Å². The highest BCUT2D eigenvalue weighted by Gasteiger charge is 2.32. The second-order valence-corrected chi connectivity index (χ2v) is 9.51. The van der Waals surface area contributed by atoms with Gasteiger partial charge in [-0.25, -0.2) is 8.42 Å². The third-order valence-corrected chi connectivity index (χ3v) is 7.30. The van der Waals surface area contributed by atoms with Gasteiger partial charge in [0.25, 0.3) is 0 Å². The summed E-state index contributed by atoms with van der Waals surface area (Å²) >= 11 is 0. The molecule has 2 heterocycles. The van der Waals surface area contributed by atoms with Gasteiger partial charge in [-0.3, -0.25) is 4.79 Å². The monoisotopic (exact) mass is 456 g/mol. The molecular weight excluding hydrogens is 432 g/mol. The first kappa shape index (κ1) is 22.0. The zero-order valence-electron chi connectivity index (χ0n) is 17.8. The third kappa shape index (κ3) is 4.66. The van der Waals surface area contributed by atoms with E-state index in [4.69, 9.17) is 9.26 Å².